The van der Waals surface area contributed by atoms with Crippen LogP contribution in [0.4, 0.5) is 0 Å². The van der Waals surface area contributed by atoms with Crippen LogP contribution in [0.1, 0.15) is 254 Å². The van der Waals surface area contributed by atoms with E-state index >= 15 is 0 Å². The largest absolute Gasteiger partial charge is 0.483 e. The zero-order valence-electron chi connectivity index (χ0n) is 77.5. The Morgan fingerprint density at radius 3 is 0.877 bits per heavy atom. The van der Waals surface area contributed by atoms with Crippen molar-refractivity contribution in [2.75, 3.05) is 42.7 Å². The Hall–Kier alpha value is -14.3. The average Bonchev–Trinajstić information content (AvgIpc) is 1.61. The molecule has 9 aromatic rings. The molecule has 0 fully saturated rings. The lowest BCUT2D eigenvalue weighted by atomic mass is 9.99. The molecule has 130 heavy (non-hydrogen) atoms. The van der Waals surface area contributed by atoms with Gasteiger partial charge >= 0.3 is 35.8 Å². The van der Waals surface area contributed by atoms with Gasteiger partial charge in [0.2, 0.25) is 0 Å². The van der Waals surface area contributed by atoms with Crippen molar-refractivity contribution in [2.24, 2.45) is 0 Å². The molecule has 0 radical (unpaired) electrons. The third kappa shape index (κ3) is 17.4. The summed E-state index contributed by atoms with van der Waals surface area (Å²) >= 11 is 0. The molecule has 670 valence electrons. The van der Waals surface area contributed by atoms with E-state index in [9.17, 15) is 28.8 Å². The number of aromatic amines is 6. The van der Waals surface area contributed by atoms with Crippen molar-refractivity contribution >= 4 is 181 Å². The van der Waals surface area contributed by atoms with E-state index in [1.807, 2.05) is 162 Å². The number of hydrogen-bond donors (Lipinski definition) is 6. The number of aromatic nitrogens is 12. The molecule has 26 nitrogen and oxygen atoms in total. The highest BCUT2D eigenvalue weighted by Gasteiger charge is 2.33. The van der Waals surface area contributed by atoms with Crippen LogP contribution >= 0.6 is 0 Å². The number of esters is 6. The summed E-state index contributed by atoms with van der Waals surface area (Å²) in [6.45, 7) is 36.9. The summed E-state index contributed by atoms with van der Waals surface area (Å²) in [5.74, 6) is -1.20. The SMILES string of the molecule is C=Cc1c(C)c2cc3nc(cc4[nH]c(cc5nc(cc1[nH]2)C(C)=C5OC(C)C1=C(C)c2cc5[nH]c(cc6nc(cc7[nH]c(cc1n2)c(C)c7CCC(=O)OC)C(CCC(=O)OC)=C6C)c(C)c5C(C)OC1=C(C)c2cc5[nH]c(cc6nc(cc7[nH]c(cc1n2)c(C)c7CCC(=O)OC)C(CCC(=O)OC)=C6C)c(C)c5C=C)c(C)c4CCC(=O)OC)C(CCC(=O)OC)=C3C. The van der Waals surface area contributed by atoms with Crippen molar-refractivity contribution < 1.29 is 66.7 Å². The van der Waals surface area contributed by atoms with Crippen molar-refractivity contribution in [3.8, 4) is 0 Å². The molecule has 15 heterocycles. The number of nitrogens with zero attached hydrogens (tertiary/aromatic N) is 6. The van der Waals surface area contributed by atoms with Gasteiger partial charge in [-0.3, -0.25) is 28.8 Å². The number of methoxy groups -OCH3 is 6. The van der Waals surface area contributed by atoms with E-state index in [0.717, 1.165) is 156 Å². The van der Waals surface area contributed by atoms with E-state index in [1.54, 1.807) is 0 Å². The van der Waals surface area contributed by atoms with E-state index in [1.165, 1.54) is 42.7 Å². The monoisotopic (exact) mass is 1750 g/mol. The van der Waals surface area contributed by atoms with E-state index in [-0.39, 0.29) is 74.3 Å². The first-order chi connectivity index (χ1) is 62.3. The maximum absolute atomic E-state index is 13.2. The summed E-state index contributed by atoms with van der Waals surface area (Å²) in [4.78, 5) is 133. The van der Waals surface area contributed by atoms with Crippen LogP contribution in [0.15, 0.2) is 86.0 Å². The molecule has 0 spiro atoms. The van der Waals surface area contributed by atoms with Gasteiger partial charge in [-0.1, -0.05) is 25.3 Å². The van der Waals surface area contributed by atoms with Gasteiger partial charge in [-0.25, -0.2) is 29.9 Å². The molecule has 15 rings (SSSR count). The summed E-state index contributed by atoms with van der Waals surface area (Å²) in [5.41, 5.74) is 35.0. The number of ether oxygens (including phenoxy) is 8. The van der Waals surface area contributed by atoms with Crippen molar-refractivity contribution in [1.29, 1.82) is 0 Å². The molecule has 6 aliphatic heterocycles. The van der Waals surface area contributed by atoms with Gasteiger partial charge in [-0.05, 0) is 297 Å². The summed E-state index contributed by atoms with van der Waals surface area (Å²) in [6, 6.07) is 24.1. The molecule has 0 saturated heterocycles. The van der Waals surface area contributed by atoms with Crippen LogP contribution in [0, 0.1) is 41.5 Å². The molecule has 6 N–H and O–H groups in total. The first-order valence-electron chi connectivity index (χ1n) is 43.8. The van der Waals surface area contributed by atoms with Crippen LogP contribution in [0.2, 0.25) is 0 Å². The predicted octanol–water partition coefficient (Wildman–Crippen LogP) is 21.3. The van der Waals surface area contributed by atoms with Crippen molar-refractivity contribution in [1.82, 2.24) is 59.8 Å². The molecule has 26 heteroatoms. The van der Waals surface area contributed by atoms with Gasteiger partial charge in [0, 0.05) is 138 Å². The number of aryl methyl sites for hydroxylation is 9. The number of fused-ring (bicyclic) bond motifs is 24. The second-order valence-electron chi connectivity index (χ2n) is 33.8. The Bertz CT molecular complexity index is 7130. The molecule has 2 unspecified atom stereocenters. The van der Waals surface area contributed by atoms with Crippen molar-refractivity contribution in [2.45, 2.75) is 186 Å². The Balaban J connectivity index is 0.943. The van der Waals surface area contributed by atoms with Crippen LogP contribution in [-0.4, -0.2) is 144 Å². The number of hydrogen-bond acceptors (Lipinski definition) is 20. The lowest BCUT2D eigenvalue weighted by Gasteiger charge is -2.19. The quantitative estimate of drug-likeness (QED) is 0.0217. The fourth-order valence-corrected chi connectivity index (χ4v) is 18.6. The lowest BCUT2D eigenvalue weighted by molar-refractivity contribution is -0.141. The third-order valence-corrected chi connectivity index (χ3v) is 26.3. The highest BCUT2D eigenvalue weighted by molar-refractivity contribution is 6.01. The van der Waals surface area contributed by atoms with Gasteiger partial charge in [-0.2, -0.15) is 0 Å². The summed E-state index contributed by atoms with van der Waals surface area (Å²) in [5, 5.41) is 0. The van der Waals surface area contributed by atoms with Gasteiger partial charge in [0.15, 0.2) is 11.5 Å². The number of rotatable bonds is 26. The molecule has 0 aromatic carbocycles. The average molecular weight is 1750 g/mol. The normalized spacial score (nSPS) is 13.8. The maximum atomic E-state index is 13.2. The molecule has 9 aromatic heterocycles. The predicted molar refractivity (Wildman–Crippen MR) is 511 cm³/mol. The van der Waals surface area contributed by atoms with E-state index in [4.69, 9.17) is 67.8 Å². The fraction of sp³-hybridized carbons (Fsp3) is 0.327. The summed E-state index contributed by atoms with van der Waals surface area (Å²) < 4.78 is 46.4. The number of nitrogens with one attached hydrogen (secondary N) is 6. The van der Waals surface area contributed by atoms with Crippen LogP contribution in [0.3, 0.4) is 0 Å². The van der Waals surface area contributed by atoms with Gasteiger partial charge in [0.05, 0.1) is 99.6 Å². The number of H-pyrrole nitrogens is 6. The van der Waals surface area contributed by atoms with E-state index < -0.39 is 12.2 Å². The van der Waals surface area contributed by atoms with Gasteiger partial charge in [0.25, 0.3) is 0 Å². The minimum Gasteiger partial charge on any atom is -0.483 e. The topological polar surface area (TPSA) is 348 Å². The molecule has 0 saturated carbocycles. The minimum absolute atomic E-state index is 0.0818. The zero-order valence-corrected chi connectivity index (χ0v) is 77.5. The van der Waals surface area contributed by atoms with Crippen LogP contribution < -0.4 is 0 Å². The summed E-state index contributed by atoms with van der Waals surface area (Å²) in [7, 11) is 8.28. The molecular weight excluding hydrogens is 1640 g/mol. The zero-order chi connectivity index (χ0) is 92.9. The van der Waals surface area contributed by atoms with Crippen LogP contribution in [0.5, 0.6) is 0 Å². The lowest BCUT2D eigenvalue weighted by Crippen LogP contribution is -2.10. The summed E-state index contributed by atoms with van der Waals surface area (Å²) in [6.07, 6.45) is 4.78. The molecule has 0 aliphatic carbocycles. The number of carbonyl (C=O) groups is 6. The second-order valence-corrected chi connectivity index (χ2v) is 33.8. The Labute approximate surface area is 753 Å². The number of allylic oxidation sites excluding steroid dienone is 9. The molecule has 24 bridgehead atoms. The maximum Gasteiger partial charge on any atom is 0.305 e. The molecular formula is C104H110N12O14. The molecule has 6 aliphatic rings. The molecule has 0 amide bonds. The highest BCUT2D eigenvalue weighted by atomic mass is 16.5. The van der Waals surface area contributed by atoms with E-state index in [2.05, 4.69) is 63.0 Å². The molecule has 2 atom stereocenters. The van der Waals surface area contributed by atoms with Crippen molar-refractivity contribution in [3.05, 3.63) is 221 Å². The van der Waals surface area contributed by atoms with Crippen molar-refractivity contribution in [3.63, 3.8) is 0 Å². The Kier molecular flexibility index (Phi) is 25.9. The fourth-order valence-electron chi connectivity index (χ4n) is 18.6. The van der Waals surface area contributed by atoms with E-state index in [0.29, 0.717) is 151 Å². The minimum atomic E-state index is -0.766. The Morgan fingerprint density at radius 1 is 0.285 bits per heavy atom. The number of carbonyl (C=O) groups excluding carboxylic acids is 6. The standard InChI is InChI=1S/C104H110N12O14/c1-23-63-49(3)71-37-73-51(5)65(25-31-95(117)123-17)85(107-73)47-89-69(29-35-99(121)127-21)55(9)77(111-89)44-93-103(59(13)81(115-93)40-83(63)105-71)129-61(15)101-57(11)79-39-75-53(7)67(27-33-97(119)125-19)87(109-75)46-88-68(28-34-98(120)126-20)54(8)76(110-88)42-91-102(58(12)80(114-91)43-92(101)113-79)62(16)130-104-60(14)82-41-84-64(24-2)50(4)72(106-84)38-74-52(6)66(26-32-96(118)124-18)86(108-74)48-90-70(30-36-100(122)128-22)56(10)78(112-90)45-94(104)116-82/h23-24,37-48,61-62,105-106,110-113H,1-2,25-36H2,3-22H3. The third-order valence-electron chi connectivity index (χ3n) is 26.3. The Morgan fingerprint density at radius 2 is 0.531 bits per heavy atom. The van der Waals surface area contributed by atoms with Gasteiger partial charge < -0.3 is 67.8 Å². The highest BCUT2D eigenvalue weighted by Crippen LogP contribution is 2.46. The van der Waals surface area contributed by atoms with Gasteiger partial charge in [0.1, 0.15) is 23.6 Å². The van der Waals surface area contributed by atoms with Gasteiger partial charge in [-0.15, -0.1) is 0 Å². The first kappa shape index (κ1) is 90.5. The first-order valence-corrected chi connectivity index (χ1v) is 43.8. The second kappa shape index (κ2) is 37.2. The smallest absolute Gasteiger partial charge is 0.305 e. The van der Waals surface area contributed by atoms with Crippen LogP contribution in [-0.2, 0) is 85.9 Å². The van der Waals surface area contributed by atoms with Crippen LogP contribution in [0.25, 0.3) is 146 Å².